The Balaban J connectivity index is 2.13. The predicted octanol–water partition coefficient (Wildman–Crippen LogP) is 1.15. The summed E-state index contributed by atoms with van der Waals surface area (Å²) in [5.74, 6) is -0.810. The number of sulfonamides is 1. The van der Waals surface area contributed by atoms with Crippen LogP contribution in [0.4, 0.5) is 0 Å². The minimum absolute atomic E-state index is 0.00934. The van der Waals surface area contributed by atoms with Gasteiger partial charge in [0, 0.05) is 13.2 Å². The number of thiophene rings is 1. The van der Waals surface area contributed by atoms with Crippen LogP contribution in [0, 0.1) is 5.92 Å². The van der Waals surface area contributed by atoms with E-state index in [1.807, 2.05) is 0 Å². The molecule has 1 aliphatic carbocycles. The number of carbonyl (C=O) groups is 1. The molecule has 6 nitrogen and oxygen atoms in total. The van der Waals surface area contributed by atoms with E-state index in [1.165, 1.54) is 19.2 Å². The van der Waals surface area contributed by atoms with Crippen molar-refractivity contribution in [2.24, 2.45) is 5.92 Å². The number of ether oxygens (including phenoxy) is 1. The molecule has 1 heterocycles. The maximum absolute atomic E-state index is 12.1. The van der Waals surface area contributed by atoms with Crippen LogP contribution in [0.2, 0.25) is 0 Å². The zero-order valence-electron chi connectivity index (χ0n) is 10.3. The summed E-state index contributed by atoms with van der Waals surface area (Å²) < 4.78 is 31.9. The normalized spacial score (nSPS) is 17.3. The van der Waals surface area contributed by atoms with E-state index in [2.05, 4.69) is 4.72 Å². The molecule has 1 saturated carbocycles. The number of rotatable bonds is 7. The Kier molecular flexibility index (Phi) is 4.24. The molecule has 1 aromatic heterocycles. The lowest BCUT2D eigenvalue weighted by Gasteiger charge is -2.16. The number of carboxylic acids is 1. The first-order valence-electron chi connectivity index (χ1n) is 5.78. The third-order valence-corrected chi connectivity index (χ3v) is 5.96. The largest absolute Gasteiger partial charge is 0.477 e. The third kappa shape index (κ3) is 3.53. The van der Waals surface area contributed by atoms with Crippen LogP contribution < -0.4 is 4.72 Å². The SMILES string of the molecule is COCC(NS(=O)(=O)c1ccc(C(=O)O)s1)C1CC1. The van der Waals surface area contributed by atoms with Gasteiger partial charge in [-0.3, -0.25) is 0 Å². The van der Waals surface area contributed by atoms with Crippen LogP contribution >= 0.6 is 11.3 Å². The average molecular weight is 305 g/mol. The van der Waals surface area contributed by atoms with Crippen molar-refractivity contribution in [3.8, 4) is 0 Å². The molecule has 106 valence electrons. The lowest BCUT2D eigenvalue weighted by atomic mass is 10.2. The topological polar surface area (TPSA) is 92.7 Å². The zero-order valence-corrected chi connectivity index (χ0v) is 12.0. The molecule has 1 fully saturated rings. The molecule has 0 amide bonds. The molecule has 2 N–H and O–H groups in total. The second-order valence-electron chi connectivity index (χ2n) is 4.44. The van der Waals surface area contributed by atoms with Crippen molar-refractivity contribution in [2.75, 3.05) is 13.7 Å². The van der Waals surface area contributed by atoms with Gasteiger partial charge in [0.2, 0.25) is 10.0 Å². The quantitative estimate of drug-likeness (QED) is 0.788. The Morgan fingerprint density at radius 2 is 2.26 bits per heavy atom. The van der Waals surface area contributed by atoms with Gasteiger partial charge in [0.05, 0.1) is 6.61 Å². The minimum Gasteiger partial charge on any atom is -0.477 e. The van der Waals surface area contributed by atoms with Crippen molar-refractivity contribution >= 4 is 27.3 Å². The highest BCUT2D eigenvalue weighted by Gasteiger charge is 2.34. The number of aromatic carboxylic acids is 1. The molecule has 2 rings (SSSR count). The van der Waals surface area contributed by atoms with E-state index in [-0.39, 0.29) is 15.1 Å². The molecule has 0 saturated heterocycles. The maximum atomic E-state index is 12.1. The van der Waals surface area contributed by atoms with Gasteiger partial charge < -0.3 is 9.84 Å². The molecule has 0 aromatic carbocycles. The maximum Gasteiger partial charge on any atom is 0.345 e. The van der Waals surface area contributed by atoms with Crippen LogP contribution in [-0.4, -0.2) is 39.3 Å². The van der Waals surface area contributed by atoms with Crippen LogP contribution in [0.5, 0.6) is 0 Å². The number of nitrogens with one attached hydrogen (secondary N) is 1. The summed E-state index contributed by atoms with van der Waals surface area (Å²) in [6.07, 6.45) is 1.97. The number of methoxy groups -OCH3 is 1. The molecule has 19 heavy (non-hydrogen) atoms. The van der Waals surface area contributed by atoms with Crippen molar-refractivity contribution in [1.29, 1.82) is 0 Å². The summed E-state index contributed by atoms with van der Waals surface area (Å²) in [5, 5.41) is 8.80. The van der Waals surface area contributed by atoms with Gasteiger partial charge >= 0.3 is 5.97 Å². The molecule has 0 radical (unpaired) electrons. The second kappa shape index (κ2) is 5.58. The Morgan fingerprint density at radius 1 is 1.58 bits per heavy atom. The minimum atomic E-state index is -3.67. The number of carboxylic acid groups (broad SMARTS) is 1. The standard InChI is InChI=1S/C11H15NO5S2/c1-17-6-8(7-2-3-7)12-19(15,16)10-5-4-9(18-10)11(13)14/h4-5,7-8,12H,2-3,6H2,1H3,(H,13,14). The molecule has 1 aliphatic rings. The van der Waals surface area contributed by atoms with Crippen LogP contribution in [0.3, 0.4) is 0 Å². The van der Waals surface area contributed by atoms with E-state index >= 15 is 0 Å². The summed E-state index contributed by atoms with van der Waals surface area (Å²) in [6, 6.07) is 2.36. The Hall–Kier alpha value is -0.960. The number of hydrogen-bond acceptors (Lipinski definition) is 5. The van der Waals surface area contributed by atoms with E-state index in [0.717, 1.165) is 24.2 Å². The summed E-state index contributed by atoms with van der Waals surface area (Å²) in [5.41, 5.74) is 0. The second-order valence-corrected chi connectivity index (χ2v) is 7.47. The van der Waals surface area contributed by atoms with E-state index in [4.69, 9.17) is 9.84 Å². The molecule has 8 heteroatoms. The fraction of sp³-hybridized carbons (Fsp3) is 0.545. The molecule has 1 atom stereocenters. The molecular weight excluding hydrogens is 290 g/mol. The Morgan fingerprint density at radius 3 is 2.74 bits per heavy atom. The molecule has 0 spiro atoms. The van der Waals surface area contributed by atoms with Gasteiger partial charge in [0.15, 0.2) is 0 Å². The number of hydrogen-bond donors (Lipinski definition) is 2. The predicted molar refractivity (Wildman–Crippen MR) is 70.0 cm³/mol. The van der Waals surface area contributed by atoms with Crippen molar-refractivity contribution in [2.45, 2.75) is 23.1 Å². The first-order valence-corrected chi connectivity index (χ1v) is 8.08. The molecular formula is C11H15NO5S2. The summed E-state index contributed by atoms with van der Waals surface area (Å²) in [7, 11) is -2.15. The highest BCUT2D eigenvalue weighted by atomic mass is 32.2. The van der Waals surface area contributed by atoms with Gasteiger partial charge in [-0.05, 0) is 30.9 Å². The Bertz CT molecular complexity index is 561. The van der Waals surface area contributed by atoms with Crippen molar-refractivity contribution in [3.05, 3.63) is 17.0 Å². The summed E-state index contributed by atoms with van der Waals surface area (Å²) in [4.78, 5) is 10.8. The highest BCUT2D eigenvalue weighted by Crippen LogP contribution is 2.34. The smallest absolute Gasteiger partial charge is 0.345 e. The van der Waals surface area contributed by atoms with Crippen LogP contribution in [0.25, 0.3) is 0 Å². The van der Waals surface area contributed by atoms with E-state index in [9.17, 15) is 13.2 Å². The zero-order chi connectivity index (χ0) is 14.0. The molecule has 0 bridgehead atoms. The molecule has 1 aromatic rings. The van der Waals surface area contributed by atoms with Gasteiger partial charge in [-0.15, -0.1) is 11.3 Å². The lowest BCUT2D eigenvalue weighted by molar-refractivity contribution is 0.0702. The summed E-state index contributed by atoms with van der Waals surface area (Å²) in [6.45, 7) is 0.320. The fourth-order valence-corrected chi connectivity index (χ4v) is 4.23. The van der Waals surface area contributed by atoms with Crippen molar-refractivity contribution < 1.29 is 23.1 Å². The third-order valence-electron chi connectivity index (χ3n) is 2.90. The van der Waals surface area contributed by atoms with E-state index in [0.29, 0.717) is 12.5 Å². The van der Waals surface area contributed by atoms with Gasteiger partial charge in [-0.2, -0.15) is 0 Å². The van der Waals surface area contributed by atoms with Crippen LogP contribution in [0.1, 0.15) is 22.5 Å². The van der Waals surface area contributed by atoms with Crippen LogP contribution in [-0.2, 0) is 14.8 Å². The van der Waals surface area contributed by atoms with Gasteiger partial charge in [0.25, 0.3) is 0 Å². The first-order chi connectivity index (χ1) is 8.94. The first kappa shape index (κ1) is 14.4. The summed E-state index contributed by atoms with van der Waals surface area (Å²) >= 11 is 0.749. The van der Waals surface area contributed by atoms with E-state index < -0.39 is 16.0 Å². The van der Waals surface area contributed by atoms with Crippen molar-refractivity contribution in [1.82, 2.24) is 4.72 Å². The van der Waals surface area contributed by atoms with E-state index in [1.54, 1.807) is 0 Å². The molecule has 0 aliphatic heterocycles. The van der Waals surface area contributed by atoms with Gasteiger partial charge in [-0.1, -0.05) is 0 Å². The Labute approximate surface area is 115 Å². The van der Waals surface area contributed by atoms with Crippen molar-refractivity contribution in [3.63, 3.8) is 0 Å². The molecule has 1 unspecified atom stereocenters. The monoisotopic (exact) mass is 305 g/mol. The highest BCUT2D eigenvalue weighted by molar-refractivity contribution is 7.91. The lowest BCUT2D eigenvalue weighted by Crippen LogP contribution is -2.39. The van der Waals surface area contributed by atoms with Gasteiger partial charge in [-0.25, -0.2) is 17.9 Å². The van der Waals surface area contributed by atoms with Gasteiger partial charge in [0.1, 0.15) is 9.09 Å². The fourth-order valence-electron chi connectivity index (χ4n) is 1.78. The average Bonchev–Trinajstić information content (AvgIpc) is 3.04. The van der Waals surface area contributed by atoms with Crippen LogP contribution in [0.15, 0.2) is 16.3 Å².